The van der Waals surface area contributed by atoms with E-state index in [9.17, 15) is 4.79 Å². The van der Waals surface area contributed by atoms with Crippen LogP contribution in [0.3, 0.4) is 0 Å². The fourth-order valence-corrected chi connectivity index (χ4v) is 2.56. The van der Waals surface area contributed by atoms with Gasteiger partial charge in [-0.3, -0.25) is 0 Å². The van der Waals surface area contributed by atoms with Gasteiger partial charge in [-0.05, 0) is 35.9 Å². The summed E-state index contributed by atoms with van der Waals surface area (Å²) in [6.07, 6.45) is 2.01. The van der Waals surface area contributed by atoms with Crippen LogP contribution in [0.1, 0.15) is 4.88 Å². The molecule has 0 saturated heterocycles. The van der Waals surface area contributed by atoms with E-state index in [1.165, 1.54) is 0 Å². The van der Waals surface area contributed by atoms with E-state index in [2.05, 4.69) is 10.6 Å². The smallest absolute Gasteiger partial charge is 0.319 e. The Morgan fingerprint density at radius 2 is 2.22 bits per heavy atom. The number of thiophene rings is 1. The van der Waals surface area contributed by atoms with Crippen LogP contribution in [0.15, 0.2) is 46.7 Å². The minimum Gasteiger partial charge on any atom is -0.333 e. The third-order valence-corrected chi connectivity index (χ3v) is 3.93. The topological polar surface area (TPSA) is 41.1 Å². The molecule has 0 aliphatic carbocycles. The van der Waals surface area contributed by atoms with Gasteiger partial charge in [-0.2, -0.15) is 0 Å². The molecule has 0 atom stereocenters. The first-order chi connectivity index (χ1) is 8.78. The van der Waals surface area contributed by atoms with Crippen LogP contribution in [0, 0.1) is 0 Å². The van der Waals surface area contributed by atoms with E-state index in [4.69, 9.17) is 0 Å². The van der Waals surface area contributed by atoms with Crippen molar-refractivity contribution in [3.8, 4) is 0 Å². The lowest BCUT2D eigenvalue weighted by Crippen LogP contribution is -2.27. The maximum atomic E-state index is 11.7. The van der Waals surface area contributed by atoms with Crippen LogP contribution < -0.4 is 10.6 Å². The molecule has 0 aliphatic heterocycles. The molecule has 2 amide bonds. The Hall–Kier alpha value is -1.46. The summed E-state index contributed by atoms with van der Waals surface area (Å²) in [5.74, 6) is 0. The molecule has 3 nitrogen and oxygen atoms in total. The third-order valence-electron chi connectivity index (χ3n) is 2.33. The zero-order valence-corrected chi connectivity index (χ0v) is 11.6. The zero-order valence-electron chi connectivity index (χ0n) is 9.97. The van der Waals surface area contributed by atoms with Crippen LogP contribution in [0.2, 0.25) is 0 Å². The highest BCUT2D eigenvalue weighted by atomic mass is 32.2. The van der Waals surface area contributed by atoms with E-state index >= 15 is 0 Å². The first-order valence-corrected chi connectivity index (χ1v) is 7.59. The number of thioether (sulfide) groups is 1. The minimum absolute atomic E-state index is 0.179. The second-order valence-corrected chi connectivity index (χ2v) is 5.53. The van der Waals surface area contributed by atoms with Crippen LogP contribution >= 0.6 is 23.1 Å². The van der Waals surface area contributed by atoms with Crippen molar-refractivity contribution in [2.75, 3.05) is 11.6 Å². The Morgan fingerprint density at radius 1 is 1.33 bits per heavy atom. The lowest BCUT2D eigenvalue weighted by atomic mass is 10.3. The Kier molecular flexibility index (Phi) is 4.66. The SMILES string of the molecule is CSc1cccc(NC(=O)NCc2cccs2)c1. The third kappa shape index (κ3) is 3.78. The monoisotopic (exact) mass is 278 g/mol. The minimum atomic E-state index is -0.179. The van der Waals surface area contributed by atoms with Gasteiger partial charge >= 0.3 is 6.03 Å². The molecule has 1 aromatic heterocycles. The van der Waals surface area contributed by atoms with Crippen molar-refractivity contribution in [3.05, 3.63) is 46.7 Å². The molecule has 1 aromatic carbocycles. The molecule has 0 fully saturated rings. The van der Waals surface area contributed by atoms with E-state index < -0.39 is 0 Å². The summed E-state index contributed by atoms with van der Waals surface area (Å²) in [6.45, 7) is 0.561. The van der Waals surface area contributed by atoms with Gasteiger partial charge in [0.2, 0.25) is 0 Å². The van der Waals surface area contributed by atoms with E-state index in [1.54, 1.807) is 23.1 Å². The van der Waals surface area contributed by atoms with Crippen molar-refractivity contribution < 1.29 is 4.79 Å². The molecule has 0 bridgehead atoms. The van der Waals surface area contributed by atoms with E-state index in [-0.39, 0.29) is 6.03 Å². The lowest BCUT2D eigenvalue weighted by molar-refractivity contribution is 0.252. The van der Waals surface area contributed by atoms with Crippen molar-refractivity contribution in [2.45, 2.75) is 11.4 Å². The molecule has 2 aromatic rings. The number of carbonyl (C=O) groups excluding carboxylic acids is 1. The molecule has 94 valence electrons. The summed E-state index contributed by atoms with van der Waals surface area (Å²) < 4.78 is 0. The van der Waals surface area contributed by atoms with E-state index in [0.717, 1.165) is 15.5 Å². The van der Waals surface area contributed by atoms with Crippen molar-refractivity contribution >= 4 is 34.8 Å². The molecule has 0 radical (unpaired) electrons. The fraction of sp³-hybridized carbons (Fsp3) is 0.154. The molecule has 2 rings (SSSR count). The number of anilines is 1. The second-order valence-electron chi connectivity index (χ2n) is 3.62. The molecule has 0 spiro atoms. The summed E-state index contributed by atoms with van der Waals surface area (Å²) >= 11 is 3.28. The molecule has 1 heterocycles. The van der Waals surface area contributed by atoms with Crippen molar-refractivity contribution in [1.82, 2.24) is 5.32 Å². The predicted molar refractivity (Wildman–Crippen MR) is 78.4 cm³/mol. The molecule has 2 N–H and O–H groups in total. The van der Waals surface area contributed by atoms with Gasteiger partial charge in [-0.1, -0.05) is 12.1 Å². The van der Waals surface area contributed by atoms with Crippen LogP contribution in [-0.2, 0) is 6.54 Å². The summed E-state index contributed by atoms with van der Waals surface area (Å²) in [4.78, 5) is 14.0. The maximum absolute atomic E-state index is 11.7. The van der Waals surface area contributed by atoms with Gasteiger partial charge in [0.1, 0.15) is 0 Å². The highest BCUT2D eigenvalue weighted by molar-refractivity contribution is 7.98. The number of benzene rings is 1. The summed E-state index contributed by atoms with van der Waals surface area (Å²) in [7, 11) is 0. The van der Waals surface area contributed by atoms with Gasteiger partial charge in [0, 0.05) is 15.5 Å². The Bertz CT molecular complexity index is 511. The Balaban J connectivity index is 1.86. The molecule has 0 saturated carbocycles. The van der Waals surface area contributed by atoms with Gasteiger partial charge in [0.15, 0.2) is 0 Å². The number of hydrogen-bond acceptors (Lipinski definition) is 3. The first kappa shape index (κ1) is 13.0. The highest BCUT2D eigenvalue weighted by Gasteiger charge is 2.02. The van der Waals surface area contributed by atoms with Gasteiger partial charge < -0.3 is 10.6 Å². The molecule has 18 heavy (non-hydrogen) atoms. The number of hydrogen-bond donors (Lipinski definition) is 2. The summed E-state index contributed by atoms with van der Waals surface area (Å²) in [5.41, 5.74) is 0.811. The van der Waals surface area contributed by atoms with Gasteiger partial charge in [0.25, 0.3) is 0 Å². The Morgan fingerprint density at radius 3 is 2.94 bits per heavy atom. The van der Waals surface area contributed by atoms with Gasteiger partial charge in [-0.25, -0.2) is 4.79 Å². The van der Waals surface area contributed by atoms with E-state index in [0.29, 0.717) is 6.54 Å². The van der Waals surface area contributed by atoms with Crippen LogP contribution in [0.25, 0.3) is 0 Å². The lowest BCUT2D eigenvalue weighted by Gasteiger charge is -2.07. The summed E-state index contributed by atoms with van der Waals surface area (Å²) in [5, 5.41) is 7.64. The highest BCUT2D eigenvalue weighted by Crippen LogP contribution is 2.18. The predicted octanol–water partition coefficient (Wildman–Crippen LogP) is 3.79. The fourth-order valence-electron chi connectivity index (χ4n) is 1.46. The van der Waals surface area contributed by atoms with Crippen molar-refractivity contribution in [1.29, 1.82) is 0 Å². The average Bonchev–Trinajstić information content (AvgIpc) is 2.90. The molecule has 0 unspecified atom stereocenters. The van der Waals surface area contributed by atoms with Crippen LogP contribution in [0.5, 0.6) is 0 Å². The van der Waals surface area contributed by atoms with Crippen molar-refractivity contribution in [3.63, 3.8) is 0 Å². The van der Waals surface area contributed by atoms with Crippen molar-refractivity contribution in [2.24, 2.45) is 0 Å². The van der Waals surface area contributed by atoms with Crippen LogP contribution in [-0.4, -0.2) is 12.3 Å². The average molecular weight is 278 g/mol. The van der Waals surface area contributed by atoms with Gasteiger partial charge in [0.05, 0.1) is 6.54 Å². The number of amides is 2. The number of urea groups is 1. The Labute approximate surface area is 115 Å². The largest absolute Gasteiger partial charge is 0.333 e. The van der Waals surface area contributed by atoms with Gasteiger partial charge in [-0.15, -0.1) is 23.1 Å². The maximum Gasteiger partial charge on any atom is 0.319 e. The quantitative estimate of drug-likeness (QED) is 0.835. The molecule has 0 aliphatic rings. The summed E-state index contributed by atoms with van der Waals surface area (Å²) in [6, 6.07) is 11.6. The van der Waals surface area contributed by atoms with E-state index in [1.807, 2.05) is 48.0 Å². The number of carbonyl (C=O) groups is 1. The molecular weight excluding hydrogens is 264 g/mol. The normalized spacial score (nSPS) is 10.1. The molecular formula is C13H14N2OS2. The standard InChI is InChI=1S/C13H14N2OS2/c1-17-11-5-2-4-10(8-11)15-13(16)14-9-12-6-3-7-18-12/h2-8H,9H2,1H3,(H2,14,15,16). The number of rotatable bonds is 4. The second kappa shape index (κ2) is 6.47. The van der Waals surface area contributed by atoms with Crippen LogP contribution in [0.4, 0.5) is 10.5 Å². The first-order valence-electron chi connectivity index (χ1n) is 5.49. The molecule has 5 heteroatoms. The number of nitrogens with one attached hydrogen (secondary N) is 2. The zero-order chi connectivity index (χ0) is 12.8.